The quantitative estimate of drug-likeness (QED) is 0.693. The Morgan fingerprint density at radius 1 is 1.35 bits per heavy atom. The molecule has 0 unspecified atom stereocenters. The van der Waals surface area contributed by atoms with Gasteiger partial charge in [-0.05, 0) is 32.0 Å². The highest BCUT2D eigenvalue weighted by atomic mass is 16.4. The third kappa shape index (κ3) is 2.38. The molecule has 0 atom stereocenters. The monoisotopic (exact) mass is 234 g/mol. The maximum atomic E-state index is 11.6. The number of hydrogen-bond acceptors (Lipinski definition) is 3. The van der Waals surface area contributed by atoms with Gasteiger partial charge >= 0.3 is 5.97 Å². The van der Waals surface area contributed by atoms with E-state index >= 15 is 0 Å². The van der Waals surface area contributed by atoms with Crippen molar-refractivity contribution in [3.05, 3.63) is 23.8 Å². The number of carboxylic acids is 1. The number of carbonyl (C=O) groups is 2. The van der Waals surface area contributed by atoms with Crippen LogP contribution < -0.4 is 10.6 Å². The molecule has 3 N–H and O–H groups in total. The fraction of sp³-hybridized carbons (Fsp3) is 0.333. The van der Waals surface area contributed by atoms with E-state index in [0.29, 0.717) is 12.1 Å². The fourth-order valence-electron chi connectivity index (χ4n) is 1.89. The van der Waals surface area contributed by atoms with Crippen molar-refractivity contribution in [2.45, 2.75) is 25.8 Å². The van der Waals surface area contributed by atoms with Crippen LogP contribution in [-0.2, 0) is 4.79 Å². The summed E-state index contributed by atoms with van der Waals surface area (Å²) >= 11 is 0. The Kier molecular flexibility index (Phi) is 2.53. The highest BCUT2D eigenvalue weighted by molar-refractivity contribution is 5.99. The summed E-state index contributed by atoms with van der Waals surface area (Å²) in [6.07, 6.45) is 0.337. The minimum Gasteiger partial charge on any atom is -0.478 e. The van der Waals surface area contributed by atoms with Gasteiger partial charge in [0, 0.05) is 12.0 Å². The summed E-state index contributed by atoms with van der Waals surface area (Å²) in [5.41, 5.74) is 1.07. The number of anilines is 2. The number of carboxylic acid groups (broad SMARTS) is 1. The molecule has 17 heavy (non-hydrogen) atoms. The van der Waals surface area contributed by atoms with Gasteiger partial charge in [0.05, 0.1) is 16.9 Å². The van der Waals surface area contributed by atoms with Gasteiger partial charge in [-0.3, -0.25) is 4.79 Å². The average Bonchev–Trinajstić information content (AvgIpc) is 2.29. The van der Waals surface area contributed by atoms with Gasteiger partial charge in [-0.15, -0.1) is 0 Å². The van der Waals surface area contributed by atoms with Crippen molar-refractivity contribution in [3.63, 3.8) is 0 Å². The lowest BCUT2D eigenvalue weighted by Crippen LogP contribution is -2.32. The number of rotatable bonds is 1. The first kappa shape index (κ1) is 11.4. The molecule has 90 valence electrons. The van der Waals surface area contributed by atoms with E-state index in [1.165, 1.54) is 12.1 Å². The van der Waals surface area contributed by atoms with Crippen LogP contribution >= 0.6 is 0 Å². The molecular weight excluding hydrogens is 220 g/mol. The van der Waals surface area contributed by atoms with Crippen molar-refractivity contribution in [3.8, 4) is 0 Å². The largest absolute Gasteiger partial charge is 0.478 e. The molecule has 0 radical (unpaired) electrons. The summed E-state index contributed by atoms with van der Waals surface area (Å²) in [4.78, 5) is 22.5. The molecule has 0 bridgehead atoms. The number of nitrogens with one attached hydrogen (secondary N) is 2. The Bertz CT molecular complexity index is 495. The summed E-state index contributed by atoms with van der Waals surface area (Å²) in [6, 6.07) is 4.65. The van der Waals surface area contributed by atoms with E-state index in [0.717, 1.165) is 5.69 Å². The zero-order valence-electron chi connectivity index (χ0n) is 9.70. The number of carbonyl (C=O) groups excluding carboxylic acids is 1. The van der Waals surface area contributed by atoms with E-state index in [-0.39, 0.29) is 17.0 Å². The van der Waals surface area contributed by atoms with Crippen LogP contribution in [0.25, 0.3) is 0 Å². The Morgan fingerprint density at radius 2 is 2.06 bits per heavy atom. The molecule has 0 saturated heterocycles. The van der Waals surface area contributed by atoms with E-state index < -0.39 is 5.97 Å². The van der Waals surface area contributed by atoms with Crippen molar-refractivity contribution in [1.82, 2.24) is 0 Å². The molecule has 1 aliphatic rings. The molecule has 0 aliphatic carbocycles. The van der Waals surface area contributed by atoms with Crippen LogP contribution in [0.3, 0.4) is 0 Å². The number of aromatic carboxylic acids is 1. The minimum absolute atomic E-state index is 0.121. The minimum atomic E-state index is -1.01. The van der Waals surface area contributed by atoms with Crippen LogP contribution in [0.1, 0.15) is 30.6 Å². The summed E-state index contributed by atoms with van der Waals surface area (Å²) in [6.45, 7) is 3.85. The molecule has 0 fully saturated rings. The number of hydrogen-bond donors (Lipinski definition) is 3. The van der Waals surface area contributed by atoms with E-state index in [4.69, 9.17) is 5.11 Å². The second kappa shape index (κ2) is 3.76. The molecular formula is C12H14N2O3. The van der Waals surface area contributed by atoms with Crippen LogP contribution in [0.4, 0.5) is 11.4 Å². The molecule has 5 nitrogen and oxygen atoms in total. The zero-order chi connectivity index (χ0) is 12.6. The molecule has 1 aromatic carbocycles. The van der Waals surface area contributed by atoms with Crippen molar-refractivity contribution in [2.24, 2.45) is 0 Å². The summed E-state index contributed by atoms with van der Waals surface area (Å²) in [5.74, 6) is -1.13. The third-order valence-corrected chi connectivity index (χ3v) is 2.62. The smallest absolute Gasteiger partial charge is 0.335 e. The summed E-state index contributed by atoms with van der Waals surface area (Å²) in [7, 11) is 0. The molecule has 2 rings (SSSR count). The first-order valence-corrected chi connectivity index (χ1v) is 5.33. The SMILES string of the molecule is CC1(C)CC(=O)Nc2cc(C(=O)O)ccc2N1. The Balaban J connectivity index is 2.45. The summed E-state index contributed by atoms with van der Waals surface area (Å²) in [5, 5.41) is 14.8. The second-order valence-electron chi connectivity index (χ2n) is 4.80. The lowest BCUT2D eigenvalue weighted by atomic mass is 10.0. The molecule has 0 saturated carbocycles. The van der Waals surface area contributed by atoms with Gasteiger partial charge in [-0.2, -0.15) is 0 Å². The van der Waals surface area contributed by atoms with Crippen LogP contribution in [0.2, 0.25) is 0 Å². The molecule has 1 aromatic rings. The van der Waals surface area contributed by atoms with Crippen molar-refractivity contribution < 1.29 is 14.7 Å². The van der Waals surface area contributed by atoms with Gasteiger partial charge in [0.2, 0.25) is 5.91 Å². The molecule has 5 heteroatoms. The predicted octanol–water partition coefficient (Wildman–Crippen LogP) is 1.92. The molecule has 1 aliphatic heterocycles. The maximum absolute atomic E-state index is 11.6. The van der Waals surface area contributed by atoms with Gasteiger partial charge in [0.1, 0.15) is 0 Å². The van der Waals surface area contributed by atoms with E-state index in [1.807, 2.05) is 13.8 Å². The van der Waals surface area contributed by atoms with Gasteiger partial charge in [0.25, 0.3) is 0 Å². The van der Waals surface area contributed by atoms with Crippen molar-refractivity contribution in [1.29, 1.82) is 0 Å². The molecule has 1 amide bonds. The molecule has 0 spiro atoms. The Hall–Kier alpha value is -2.04. The number of benzene rings is 1. The highest BCUT2D eigenvalue weighted by Gasteiger charge is 2.27. The topological polar surface area (TPSA) is 78.4 Å². The first-order valence-electron chi connectivity index (χ1n) is 5.33. The molecule has 1 heterocycles. The lowest BCUT2D eigenvalue weighted by molar-refractivity contribution is -0.116. The van der Waals surface area contributed by atoms with E-state index in [1.54, 1.807) is 6.07 Å². The fourth-order valence-corrected chi connectivity index (χ4v) is 1.89. The van der Waals surface area contributed by atoms with Crippen molar-refractivity contribution >= 4 is 23.3 Å². The molecule has 0 aromatic heterocycles. The lowest BCUT2D eigenvalue weighted by Gasteiger charge is -2.24. The van der Waals surface area contributed by atoms with Gasteiger partial charge in [-0.1, -0.05) is 0 Å². The first-order chi connectivity index (χ1) is 7.87. The van der Waals surface area contributed by atoms with Crippen LogP contribution in [0.15, 0.2) is 18.2 Å². The van der Waals surface area contributed by atoms with E-state index in [9.17, 15) is 9.59 Å². The average molecular weight is 234 g/mol. The third-order valence-electron chi connectivity index (χ3n) is 2.62. The highest BCUT2D eigenvalue weighted by Crippen LogP contribution is 2.30. The van der Waals surface area contributed by atoms with Crippen LogP contribution in [-0.4, -0.2) is 22.5 Å². The van der Waals surface area contributed by atoms with Crippen LogP contribution in [0, 0.1) is 0 Å². The van der Waals surface area contributed by atoms with Gasteiger partial charge < -0.3 is 15.7 Å². The zero-order valence-corrected chi connectivity index (χ0v) is 9.70. The normalized spacial score (nSPS) is 17.4. The maximum Gasteiger partial charge on any atom is 0.335 e. The summed E-state index contributed by atoms with van der Waals surface area (Å²) < 4.78 is 0. The van der Waals surface area contributed by atoms with Crippen LogP contribution in [0.5, 0.6) is 0 Å². The predicted molar refractivity (Wildman–Crippen MR) is 64.3 cm³/mol. The number of fused-ring (bicyclic) bond motifs is 1. The van der Waals surface area contributed by atoms with E-state index in [2.05, 4.69) is 10.6 Å². The van der Waals surface area contributed by atoms with Gasteiger partial charge in [0.15, 0.2) is 0 Å². The Morgan fingerprint density at radius 3 is 2.71 bits per heavy atom. The van der Waals surface area contributed by atoms with Gasteiger partial charge in [-0.25, -0.2) is 4.79 Å². The number of amides is 1. The second-order valence-corrected chi connectivity index (χ2v) is 4.80. The Labute approximate surface area is 98.8 Å². The van der Waals surface area contributed by atoms with Crippen molar-refractivity contribution in [2.75, 3.05) is 10.6 Å². The standard InChI is InChI=1S/C12H14N2O3/c1-12(2)6-10(15)13-9-5-7(11(16)17)3-4-8(9)14-12/h3-5,14H,6H2,1-2H3,(H,13,15)(H,16,17).